The summed E-state index contributed by atoms with van der Waals surface area (Å²) in [6.07, 6.45) is 2.27. The third-order valence-electron chi connectivity index (χ3n) is 5.86. The van der Waals surface area contributed by atoms with Crippen molar-refractivity contribution in [1.82, 2.24) is 14.9 Å². The molecule has 0 unspecified atom stereocenters. The van der Waals surface area contributed by atoms with Gasteiger partial charge in [0.15, 0.2) is 0 Å². The number of benzene rings is 1. The van der Waals surface area contributed by atoms with E-state index in [9.17, 15) is 4.79 Å². The second-order valence-electron chi connectivity index (χ2n) is 8.30. The van der Waals surface area contributed by atoms with Crippen molar-refractivity contribution in [3.05, 3.63) is 74.9 Å². The smallest absolute Gasteiger partial charge is 0.227 e. The number of nitrogens with zero attached hydrogens (tertiary/aromatic N) is 4. The zero-order chi connectivity index (χ0) is 21.8. The number of hydrogen-bond acceptors (Lipinski definition) is 5. The number of aromatic nitrogens is 2. The SMILES string of the molecule is Cc1ccc(Cc2c(C)nc(C)nc2N2CCCN(C(=O)Cc3cccs3)CC2)cc1. The number of anilines is 1. The van der Waals surface area contributed by atoms with Gasteiger partial charge in [0, 0.05) is 48.7 Å². The fraction of sp³-hybridized carbons (Fsp3) is 0.400. The first-order chi connectivity index (χ1) is 15.0. The van der Waals surface area contributed by atoms with Gasteiger partial charge in [0.2, 0.25) is 5.91 Å². The van der Waals surface area contributed by atoms with E-state index in [0.717, 1.165) is 61.2 Å². The number of carbonyl (C=O) groups excluding carboxylic acids is 1. The molecule has 1 saturated heterocycles. The molecule has 1 aliphatic heterocycles. The molecule has 0 spiro atoms. The van der Waals surface area contributed by atoms with Gasteiger partial charge in [-0.15, -0.1) is 11.3 Å². The molecule has 2 aromatic heterocycles. The average Bonchev–Trinajstić information content (AvgIpc) is 3.12. The topological polar surface area (TPSA) is 49.3 Å². The Morgan fingerprint density at radius 2 is 1.81 bits per heavy atom. The summed E-state index contributed by atoms with van der Waals surface area (Å²) in [5.41, 5.74) is 4.76. The number of amides is 1. The Bertz CT molecular complexity index is 1030. The van der Waals surface area contributed by atoms with E-state index >= 15 is 0 Å². The van der Waals surface area contributed by atoms with Crippen LogP contribution in [0.5, 0.6) is 0 Å². The van der Waals surface area contributed by atoms with E-state index in [1.807, 2.05) is 29.3 Å². The highest BCUT2D eigenvalue weighted by Crippen LogP contribution is 2.25. The molecule has 1 fully saturated rings. The Balaban J connectivity index is 1.52. The molecule has 0 bridgehead atoms. The van der Waals surface area contributed by atoms with Crippen molar-refractivity contribution in [1.29, 1.82) is 0 Å². The van der Waals surface area contributed by atoms with Crippen LogP contribution in [0.4, 0.5) is 5.82 Å². The lowest BCUT2D eigenvalue weighted by Gasteiger charge is -2.26. The van der Waals surface area contributed by atoms with E-state index in [2.05, 4.69) is 48.0 Å². The lowest BCUT2D eigenvalue weighted by atomic mass is 10.0. The molecule has 4 rings (SSSR count). The molecule has 0 N–H and O–H groups in total. The molecule has 0 saturated carbocycles. The van der Waals surface area contributed by atoms with Gasteiger partial charge in [0.25, 0.3) is 0 Å². The Morgan fingerprint density at radius 1 is 1.00 bits per heavy atom. The first-order valence-electron chi connectivity index (χ1n) is 10.9. The van der Waals surface area contributed by atoms with Gasteiger partial charge in [-0.2, -0.15) is 0 Å². The van der Waals surface area contributed by atoms with Gasteiger partial charge < -0.3 is 9.80 Å². The summed E-state index contributed by atoms with van der Waals surface area (Å²) < 4.78 is 0. The van der Waals surface area contributed by atoms with Crippen LogP contribution >= 0.6 is 11.3 Å². The van der Waals surface area contributed by atoms with Crippen molar-refractivity contribution in [3.8, 4) is 0 Å². The van der Waals surface area contributed by atoms with E-state index < -0.39 is 0 Å². The van der Waals surface area contributed by atoms with E-state index in [1.165, 1.54) is 16.7 Å². The zero-order valence-electron chi connectivity index (χ0n) is 18.6. The normalized spacial score (nSPS) is 14.5. The van der Waals surface area contributed by atoms with E-state index in [4.69, 9.17) is 4.98 Å². The third kappa shape index (κ3) is 5.31. The molecule has 1 amide bonds. The predicted molar refractivity (Wildman–Crippen MR) is 127 cm³/mol. The third-order valence-corrected chi connectivity index (χ3v) is 6.74. The minimum absolute atomic E-state index is 0.222. The fourth-order valence-electron chi connectivity index (χ4n) is 4.15. The maximum absolute atomic E-state index is 12.8. The van der Waals surface area contributed by atoms with Crippen LogP contribution in [0, 0.1) is 20.8 Å². The van der Waals surface area contributed by atoms with Gasteiger partial charge in [0.05, 0.1) is 6.42 Å². The number of rotatable bonds is 5. The van der Waals surface area contributed by atoms with Crippen LogP contribution in [-0.2, 0) is 17.6 Å². The Hall–Kier alpha value is -2.73. The van der Waals surface area contributed by atoms with Gasteiger partial charge in [-0.05, 0) is 44.2 Å². The van der Waals surface area contributed by atoms with Gasteiger partial charge in [-0.1, -0.05) is 35.9 Å². The Kier molecular flexibility index (Phi) is 6.66. The van der Waals surface area contributed by atoms with Gasteiger partial charge in [0.1, 0.15) is 11.6 Å². The molecular weight excluding hydrogens is 404 g/mol. The number of carbonyl (C=O) groups is 1. The van der Waals surface area contributed by atoms with Crippen LogP contribution in [0.1, 0.15) is 39.5 Å². The molecule has 0 atom stereocenters. The summed E-state index contributed by atoms with van der Waals surface area (Å²) in [7, 11) is 0. The van der Waals surface area contributed by atoms with Crippen LogP contribution in [0.25, 0.3) is 0 Å². The van der Waals surface area contributed by atoms with Crippen molar-refractivity contribution in [3.63, 3.8) is 0 Å². The maximum Gasteiger partial charge on any atom is 0.227 e. The second-order valence-corrected chi connectivity index (χ2v) is 9.33. The van der Waals surface area contributed by atoms with Gasteiger partial charge in [-0.3, -0.25) is 4.79 Å². The fourth-order valence-corrected chi connectivity index (χ4v) is 4.84. The van der Waals surface area contributed by atoms with Crippen LogP contribution in [0.15, 0.2) is 41.8 Å². The summed E-state index contributed by atoms with van der Waals surface area (Å²) in [4.78, 5) is 27.8. The Morgan fingerprint density at radius 3 is 2.55 bits per heavy atom. The molecule has 6 heteroatoms. The summed E-state index contributed by atoms with van der Waals surface area (Å²) >= 11 is 1.65. The lowest BCUT2D eigenvalue weighted by molar-refractivity contribution is -0.130. The number of aryl methyl sites for hydroxylation is 3. The van der Waals surface area contributed by atoms with Crippen molar-refractivity contribution in [2.45, 2.75) is 40.0 Å². The molecule has 31 heavy (non-hydrogen) atoms. The first kappa shape index (κ1) is 21.5. The van der Waals surface area contributed by atoms with E-state index in [0.29, 0.717) is 6.42 Å². The molecule has 1 aromatic carbocycles. The van der Waals surface area contributed by atoms with Gasteiger partial charge >= 0.3 is 0 Å². The summed E-state index contributed by atoms with van der Waals surface area (Å²) in [5, 5.41) is 2.03. The quantitative estimate of drug-likeness (QED) is 0.600. The summed E-state index contributed by atoms with van der Waals surface area (Å²) in [6, 6.07) is 12.7. The minimum Gasteiger partial charge on any atom is -0.354 e. The van der Waals surface area contributed by atoms with Crippen LogP contribution in [0.3, 0.4) is 0 Å². The average molecular weight is 435 g/mol. The van der Waals surface area contributed by atoms with Gasteiger partial charge in [-0.25, -0.2) is 9.97 Å². The molecule has 3 aromatic rings. The summed E-state index contributed by atoms with van der Waals surface area (Å²) in [6.45, 7) is 9.38. The van der Waals surface area contributed by atoms with Crippen LogP contribution < -0.4 is 4.90 Å². The minimum atomic E-state index is 0.222. The molecular formula is C25H30N4OS. The maximum atomic E-state index is 12.8. The lowest BCUT2D eigenvalue weighted by Crippen LogP contribution is -2.36. The molecule has 0 aliphatic carbocycles. The first-order valence-corrected chi connectivity index (χ1v) is 11.8. The highest BCUT2D eigenvalue weighted by atomic mass is 32.1. The molecule has 162 valence electrons. The highest BCUT2D eigenvalue weighted by Gasteiger charge is 2.23. The van der Waals surface area contributed by atoms with E-state index in [-0.39, 0.29) is 5.91 Å². The standard InChI is InChI=1S/C25H30N4OS/c1-18-7-9-21(10-8-18)16-23-19(2)26-20(3)27-25(23)29-12-5-11-28(13-14-29)24(30)17-22-6-4-15-31-22/h4,6-10,15H,5,11-14,16-17H2,1-3H3. The Labute approximate surface area is 188 Å². The molecule has 5 nitrogen and oxygen atoms in total. The second kappa shape index (κ2) is 9.60. The van der Waals surface area contributed by atoms with Crippen molar-refractivity contribution < 1.29 is 4.79 Å². The highest BCUT2D eigenvalue weighted by molar-refractivity contribution is 7.10. The van der Waals surface area contributed by atoms with E-state index in [1.54, 1.807) is 11.3 Å². The molecule has 0 radical (unpaired) electrons. The van der Waals surface area contributed by atoms with Crippen LogP contribution in [-0.4, -0.2) is 47.0 Å². The van der Waals surface area contributed by atoms with Crippen LogP contribution in [0.2, 0.25) is 0 Å². The monoisotopic (exact) mass is 434 g/mol. The number of hydrogen-bond donors (Lipinski definition) is 0. The predicted octanol–water partition coefficient (Wildman–Crippen LogP) is 4.34. The van der Waals surface area contributed by atoms with Crippen molar-refractivity contribution >= 4 is 23.1 Å². The summed E-state index contributed by atoms with van der Waals surface area (Å²) in [5.74, 6) is 2.05. The zero-order valence-corrected chi connectivity index (χ0v) is 19.4. The number of thiophene rings is 1. The molecule has 1 aliphatic rings. The largest absolute Gasteiger partial charge is 0.354 e. The van der Waals surface area contributed by atoms with Crippen molar-refractivity contribution in [2.75, 3.05) is 31.1 Å². The van der Waals surface area contributed by atoms with Crippen molar-refractivity contribution in [2.24, 2.45) is 0 Å². The molecule has 3 heterocycles.